The molecule has 0 heterocycles. The van der Waals surface area contributed by atoms with Crippen LogP contribution in [-0.2, 0) is 26.2 Å². The molecule has 10 heteroatoms. The van der Waals surface area contributed by atoms with Gasteiger partial charge < -0.3 is 10.2 Å². The van der Waals surface area contributed by atoms with Gasteiger partial charge >= 0.3 is 0 Å². The molecule has 36 heavy (non-hydrogen) atoms. The van der Waals surface area contributed by atoms with Gasteiger partial charge in [-0.1, -0.05) is 41.4 Å². The molecule has 1 N–H and O–H groups in total. The van der Waals surface area contributed by atoms with E-state index in [2.05, 4.69) is 5.32 Å². The molecule has 0 spiro atoms. The normalized spacial score (nSPS) is 12.7. The van der Waals surface area contributed by atoms with Crippen LogP contribution in [0.4, 0.5) is 5.69 Å². The highest BCUT2D eigenvalue weighted by atomic mass is 35.5. The number of carbonyl (C=O) groups excluding carboxylic acids is 2. The Morgan fingerprint density at radius 3 is 2.22 bits per heavy atom. The maximum Gasteiger partial charge on any atom is 0.242 e. The second-order valence-electron chi connectivity index (χ2n) is 9.89. The van der Waals surface area contributed by atoms with Crippen LogP contribution in [-0.4, -0.2) is 49.5 Å². The Balaban J connectivity index is 2.22. The van der Waals surface area contributed by atoms with Gasteiger partial charge in [0, 0.05) is 35.1 Å². The van der Waals surface area contributed by atoms with Gasteiger partial charge in [0.25, 0.3) is 0 Å². The number of hydrogen-bond acceptors (Lipinski definition) is 4. The van der Waals surface area contributed by atoms with Gasteiger partial charge in [0.1, 0.15) is 6.04 Å². The van der Waals surface area contributed by atoms with E-state index in [1.165, 1.54) is 9.21 Å². The minimum absolute atomic E-state index is 0.0619. The first kappa shape index (κ1) is 29.9. The quantitative estimate of drug-likeness (QED) is 0.437. The van der Waals surface area contributed by atoms with E-state index in [1.54, 1.807) is 44.2 Å². The van der Waals surface area contributed by atoms with Crippen molar-refractivity contribution in [2.24, 2.45) is 0 Å². The number of halogens is 2. The van der Waals surface area contributed by atoms with Crippen LogP contribution >= 0.6 is 23.2 Å². The summed E-state index contributed by atoms with van der Waals surface area (Å²) in [7, 11) is -3.60. The number of sulfonamides is 1. The highest BCUT2D eigenvalue weighted by Crippen LogP contribution is 2.28. The van der Waals surface area contributed by atoms with Crippen LogP contribution < -0.4 is 9.62 Å². The number of benzene rings is 2. The fourth-order valence-corrected chi connectivity index (χ4v) is 5.00. The van der Waals surface area contributed by atoms with Crippen LogP contribution in [0, 0.1) is 6.92 Å². The van der Waals surface area contributed by atoms with Gasteiger partial charge in [-0.25, -0.2) is 8.42 Å². The molecule has 0 unspecified atom stereocenters. The molecule has 7 nitrogen and oxygen atoms in total. The third-order valence-electron chi connectivity index (χ3n) is 5.59. The number of nitrogens with one attached hydrogen (secondary N) is 1. The summed E-state index contributed by atoms with van der Waals surface area (Å²) in [5.74, 6) is -0.519. The average molecular weight is 557 g/mol. The summed E-state index contributed by atoms with van der Waals surface area (Å²) in [6.45, 7) is 9.39. The molecule has 0 aliphatic rings. The van der Waals surface area contributed by atoms with Crippen molar-refractivity contribution in [3.63, 3.8) is 0 Å². The van der Waals surface area contributed by atoms with Crippen molar-refractivity contribution in [2.75, 3.05) is 17.1 Å². The Labute approximate surface area is 224 Å². The van der Waals surface area contributed by atoms with Crippen LogP contribution in [0.15, 0.2) is 42.5 Å². The molecule has 0 fully saturated rings. The second kappa shape index (κ2) is 12.3. The zero-order valence-corrected chi connectivity index (χ0v) is 24.0. The van der Waals surface area contributed by atoms with Crippen molar-refractivity contribution in [2.45, 2.75) is 65.6 Å². The van der Waals surface area contributed by atoms with Crippen LogP contribution in [0.25, 0.3) is 0 Å². The van der Waals surface area contributed by atoms with Crippen molar-refractivity contribution < 1.29 is 18.0 Å². The van der Waals surface area contributed by atoms with Crippen molar-refractivity contribution >= 4 is 50.7 Å². The SMILES string of the molecule is Cc1c(Cl)cccc1N(CCCC(=O)N(Cc1ccc(Cl)cc1)[C@@H](C)C(=O)NC(C)(C)C)S(C)(=O)=O. The largest absolute Gasteiger partial charge is 0.350 e. The Morgan fingerprint density at radius 1 is 1.06 bits per heavy atom. The van der Waals surface area contributed by atoms with Gasteiger partial charge in [-0.05, 0) is 76.4 Å². The lowest BCUT2D eigenvalue weighted by Gasteiger charge is -2.32. The monoisotopic (exact) mass is 555 g/mol. The number of hydrogen-bond donors (Lipinski definition) is 1. The van der Waals surface area contributed by atoms with Crippen molar-refractivity contribution in [3.8, 4) is 0 Å². The Hall–Kier alpha value is -2.29. The van der Waals surface area contributed by atoms with Gasteiger partial charge in [-0.2, -0.15) is 0 Å². The molecule has 2 rings (SSSR count). The summed E-state index contributed by atoms with van der Waals surface area (Å²) in [4.78, 5) is 27.7. The lowest BCUT2D eigenvalue weighted by atomic mass is 10.1. The molecule has 0 aliphatic heterocycles. The highest BCUT2D eigenvalue weighted by molar-refractivity contribution is 7.92. The number of carbonyl (C=O) groups is 2. The lowest BCUT2D eigenvalue weighted by Crippen LogP contribution is -2.52. The predicted molar refractivity (Wildman–Crippen MR) is 147 cm³/mol. The molecule has 2 aromatic rings. The molecule has 0 radical (unpaired) electrons. The third kappa shape index (κ3) is 8.68. The standard InChI is InChI=1S/C26H35Cl2N3O4S/c1-18-22(28)9-7-10-23(18)31(36(6,34)35)16-8-11-24(32)30(17-20-12-14-21(27)15-13-20)19(2)25(33)29-26(3,4)5/h7,9-10,12-15,19H,8,11,16-17H2,1-6H3,(H,29,33)/t19-/m0/s1. The van der Waals surface area contributed by atoms with E-state index in [9.17, 15) is 18.0 Å². The van der Waals surface area contributed by atoms with Gasteiger partial charge in [-0.3, -0.25) is 13.9 Å². The van der Waals surface area contributed by atoms with E-state index in [0.29, 0.717) is 21.3 Å². The van der Waals surface area contributed by atoms with E-state index in [1.807, 2.05) is 32.9 Å². The molecule has 0 aromatic heterocycles. The van der Waals surface area contributed by atoms with Crippen molar-refractivity contribution in [3.05, 3.63) is 63.6 Å². The smallest absolute Gasteiger partial charge is 0.242 e. The average Bonchev–Trinajstić information content (AvgIpc) is 2.76. The summed E-state index contributed by atoms with van der Waals surface area (Å²) in [6.07, 6.45) is 1.45. The van der Waals surface area contributed by atoms with E-state index in [-0.39, 0.29) is 37.7 Å². The predicted octanol–water partition coefficient (Wildman–Crippen LogP) is 5.18. The number of amides is 2. The van der Waals surface area contributed by atoms with Gasteiger partial charge in [0.2, 0.25) is 21.8 Å². The Bertz CT molecular complexity index is 1180. The minimum Gasteiger partial charge on any atom is -0.350 e. The first-order valence-corrected chi connectivity index (χ1v) is 14.3. The van der Waals surface area contributed by atoms with Gasteiger partial charge in [-0.15, -0.1) is 0 Å². The van der Waals surface area contributed by atoms with E-state index in [4.69, 9.17) is 23.2 Å². The van der Waals surface area contributed by atoms with Crippen molar-refractivity contribution in [1.29, 1.82) is 0 Å². The Morgan fingerprint density at radius 2 is 1.67 bits per heavy atom. The third-order valence-corrected chi connectivity index (χ3v) is 7.43. The molecule has 2 amide bonds. The molecule has 0 saturated heterocycles. The fraction of sp³-hybridized carbons (Fsp3) is 0.462. The molecular formula is C26H35Cl2N3O4S. The topological polar surface area (TPSA) is 86.8 Å². The van der Waals surface area contributed by atoms with Crippen molar-refractivity contribution in [1.82, 2.24) is 10.2 Å². The molecule has 2 aromatic carbocycles. The molecule has 0 bridgehead atoms. The zero-order chi connectivity index (χ0) is 27.3. The molecule has 0 saturated carbocycles. The van der Waals surface area contributed by atoms with Crippen LogP contribution in [0.2, 0.25) is 10.0 Å². The Kier molecular flexibility index (Phi) is 10.2. The maximum atomic E-state index is 13.3. The van der Waals surface area contributed by atoms with E-state index < -0.39 is 21.6 Å². The van der Waals surface area contributed by atoms with E-state index >= 15 is 0 Å². The summed E-state index contributed by atoms with van der Waals surface area (Å²) in [6, 6.07) is 11.4. The van der Waals surface area contributed by atoms with Crippen LogP contribution in [0.1, 0.15) is 51.7 Å². The van der Waals surface area contributed by atoms with Crippen LogP contribution in [0.3, 0.4) is 0 Å². The second-order valence-corrected chi connectivity index (χ2v) is 12.6. The molecule has 0 aliphatic carbocycles. The molecular weight excluding hydrogens is 521 g/mol. The number of rotatable bonds is 10. The first-order valence-electron chi connectivity index (χ1n) is 11.7. The summed E-state index contributed by atoms with van der Waals surface area (Å²) >= 11 is 12.2. The summed E-state index contributed by atoms with van der Waals surface area (Å²) in [5.41, 5.74) is 1.50. The zero-order valence-electron chi connectivity index (χ0n) is 21.6. The van der Waals surface area contributed by atoms with Crippen LogP contribution in [0.5, 0.6) is 0 Å². The first-order chi connectivity index (χ1) is 16.6. The number of anilines is 1. The highest BCUT2D eigenvalue weighted by Gasteiger charge is 2.29. The van der Waals surface area contributed by atoms with Gasteiger partial charge in [0.15, 0.2) is 0 Å². The lowest BCUT2D eigenvalue weighted by molar-refractivity contribution is -0.141. The van der Waals surface area contributed by atoms with Gasteiger partial charge in [0.05, 0.1) is 11.9 Å². The molecule has 198 valence electrons. The minimum atomic E-state index is -3.60. The number of nitrogens with zero attached hydrogens (tertiary/aromatic N) is 2. The maximum absolute atomic E-state index is 13.3. The van der Waals surface area contributed by atoms with E-state index in [0.717, 1.165) is 11.8 Å². The summed E-state index contributed by atoms with van der Waals surface area (Å²) < 4.78 is 26.3. The fourth-order valence-electron chi connectivity index (χ4n) is 3.69. The molecule has 1 atom stereocenters. The summed E-state index contributed by atoms with van der Waals surface area (Å²) in [5, 5.41) is 3.96.